The minimum absolute atomic E-state index is 0.0407. The number of methoxy groups -OCH3 is 1. The first-order valence-corrected chi connectivity index (χ1v) is 9.92. The van der Waals surface area contributed by atoms with Gasteiger partial charge in [-0.05, 0) is 31.2 Å². The molecule has 0 saturated carbocycles. The third-order valence-corrected chi connectivity index (χ3v) is 6.57. The average Bonchev–Trinajstić information content (AvgIpc) is 3.29. The first kappa shape index (κ1) is 15.7. The number of aromatic nitrogens is 2. The maximum Gasteiger partial charge on any atom is 0.262 e. The molecule has 5 nitrogen and oxygen atoms in total. The highest BCUT2D eigenvalue weighted by molar-refractivity contribution is 8.08. The van der Waals surface area contributed by atoms with Gasteiger partial charge in [-0.2, -0.15) is 0 Å². The second-order valence-electron chi connectivity index (χ2n) is 5.94. The van der Waals surface area contributed by atoms with Gasteiger partial charge in [0.1, 0.15) is 16.1 Å². The van der Waals surface area contributed by atoms with E-state index >= 15 is 0 Å². The van der Waals surface area contributed by atoms with Crippen LogP contribution in [0.3, 0.4) is 0 Å². The number of imidazole rings is 1. The molecule has 0 N–H and O–H groups in total. The fourth-order valence-corrected chi connectivity index (χ4v) is 5.55. The zero-order valence-electron chi connectivity index (χ0n) is 14.2. The number of ether oxygens (including phenoxy) is 1. The third kappa shape index (κ3) is 2.10. The zero-order chi connectivity index (χ0) is 17.8. The Morgan fingerprint density at radius 3 is 2.85 bits per heavy atom. The Bertz CT molecular complexity index is 1280. The van der Waals surface area contributed by atoms with Gasteiger partial charge in [-0.1, -0.05) is 35.2 Å². The summed E-state index contributed by atoms with van der Waals surface area (Å²) in [5, 5.41) is 1.65. The number of fused-ring (bicyclic) bond motifs is 4. The SMILES string of the molecule is CCN1/C(=c2\c(=O)sc3nc4ccccc4n23)Sc2ccc(OC)cc21. The maximum atomic E-state index is 12.8. The average molecular weight is 381 g/mol. The van der Waals surface area contributed by atoms with Gasteiger partial charge < -0.3 is 9.64 Å². The summed E-state index contributed by atoms with van der Waals surface area (Å²) in [6.45, 7) is 2.86. The van der Waals surface area contributed by atoms with Crippen LogP contribution in [0.25, 0.3) is 21.0 Å². The molecule has 0 fully saturated rings. The highest BCUT2D eigenvalue weighted by Gasteiger charge is 2.28. The molecule has 1 aliphatic rings. The smallest absolute Gasteiger partial charge is 0.262 e. The van der Waals surface area contributed by atoms with Crippen molar-refractivity contribution < 1.29 is 4.74 Å². The van der Waals surface area contributed by atoms with E-state index in [4.69, 9.17) is 4.74 Å². The number of benzene rings is 2. The molecular weight excluding hydrogens is 366 g/mol. The number of thioether (sulfide) groups is 1. The number of para-hydroxylation sites is 2. The van der Waals surface area contributed by atoms with Gasteiger partial charge in [0.05, 0.1) is 23.8 Å². The van der Waals surface area contributed by atoms with E-state index in [-0.39, 0.29) is 4.74 Å². The molecule has 5 rings (SSSR count). The predicted molar refractivity (Wildman–Crippen MR) is 107 cm³/mol. The largest absolute Gasteiger partial charge is 0.497 e. The number of thiazole rings is 1. The number of hydrogen-bond acceptors (Lipinski definition) is 6. The van der Waals surface area contributed by atoms with E-state index in [1.807, 2.05) is 40.8 Å². The molecule has 7 heteroatoms. The van der Waals surface area contributed by atoms with Crippen LogP contribution in [0.4, 0.5) is 5.69 Å². The van der Waals surface area contributed by atoms with Crippen molar-refractivity contribution in [1.82, 2.24) is 9.38 Å². The lowest BCUT2D eigenvalue weighted by molar-refractivity contribution is 0.414. The Hall–Kier alpha value is -2.51. The Morgan fingerprint density at radius 2 is 2.04 bits per heavy atom. The molecule has 0 atom stereocenters. The molecule has 2 aromatic heterocycles. The standard InChI is InChI=1S/C19H15N3O2S2/c1-3-21-14-10-11(24-2)8-9-15(14)25-17(21)16-18(23)26-19-20-12-6-4-5-7-13(12)22(16)19/h4-10H,3H2,1-2H3/b17-16-. The van der Waals surface area contributed by atoms with Gasteiger partial charge >= 0.3 is 0 Å². The van der Waals surface area contributed by atoms with Crippen molar-refractivity contribution in [3.05, 3.63) is 57.4 Å². The maximum absolute atomic E-state index is 12.8. The topological polar surface area (TPSA) is 46.8 Å². The molecular formula is C19H15N3O2S2. The lowest BCUT2D eigenvalue weighted by Gasteiger charge is -2.18. The number of rotatable bonds is 2. The minimum atomic E-state index is 0.0407. The highest BCUT2D eigenvalue weighted by atomic mass is 32.2. The summed E-state index contributed by atoms with van der Waals surface area (Å²) in [6, 6.07) is 14.0. The summed E-state index contributed by atoms with van der Waals surface area (Å²) in [7, 11) is 1.67. The number of anilines is 1. The van der Waals surface area contributed by atoms with Gasteiger partial charge in [-0.15, -0.1) is 0 Å². The molecule has 0 bridgehead atoms. The van der Waals surface area contributed by atoms with Gasteiger partial charge in [0.25, 0.3) is 4.74 Å². The molecule has 4 aromatic rings. The van der Waals surface area contributed by atoms with Crippen LogP contribution in [0, 0.1) is 0 Å². The van der Waals surface area contributed by atoms with Gasteiger partial charge in [0.15, 0.2) is 4.96 Å². The molecule has 2 aromatic carbocycles. The fourth-order valence-electron chi connectivity index (χ4n) is 3.37. The summed E-state index contributed by atoms with van der Waals surface area (Å²) in [5.74, 6) is 0.815. The van der Waals surface area contributed by atoms with Crippen molar-refractivity contribution in [3.8, 4) is 5.75 Å². The molecule has 0 spiro atoms. The van der Waals surface area contributed by atoms with Gasteiger partial charge in [-0.3, -0.25) is 9.20 Å². The first-order valence-electron chi connectivity index (χ1n) is 8.29. The van der Waals surface area contributed by atoms with E-state index < -0.39 is 0 Å². The summed E-state index contributed by atoms with van der Waals surface area (Å²) < 4.78 is 7.41. The molecule has 0 saturated heterocycles. The number of nitrogens with zero attached hydrogens (tertiary/aromatic N) is 3. The van der Waals surface area contributed by atoms with Crippen LogP contribution in [0.15, 0.2) is 52.2 Å². The summed E-state index contributed by atoms with van der Waals surface area (Å²) >= 11 is 2.83. The van der Waals surface area contributed by atoms with Crippen LogP contribution in [-0.2, 0) is 0 Å². The second-order valence-corrected chi connectivity index (χ2v) is 7.91. The highest BCUT2D eigenvalue weighted by Crippen LogP contribution is 2.47. The third-order valence-electron chi connectivity index (χ3n) is 4.56. The van der Waals surface area contributed by atoms with E-state index in [0.29, 0.717) is 5.35 Å². The van der Waals surface area contributed by atoms with Crippen molar-refractivity contribution in [3.63, 3.8) is 0 Å². The molecule has 0 aliphatic carbocycles. The van der Waals surface area contributed by atoms with Crippen molar-refractivity contribution in [2.75, 3.05) is 18.6 Å². The molecule has 26 heavy (non-hydrogen) atoms. The van der Waals surface area contributed by atoms with E-state index in [2.05, 4.69) is 22.9 Å². The Kier molecular flexibility index (Phi) is 3.48. The van der Waals surface area contributed by atoms with E-state index in [1.165, 1.54) is 11.3 Å². The Labute approximate surface area is 157 Å². The molecule has 0 unspecified atom stereocenters. The monoisotopic (exact) mass is 381 g/mol. The molecule has 3 heterocycles. The van der Waals surface area contributed by atoms with Gasteiger partial charge in [0, 0.05) is 17.5 Å². The van der Waals surface area contributed by atoms with Gasteiger partial charge in [-0.25, -0.2) is 4.98 Å². The van der Waals surface area contributed by atoms with E-state index in [0.717, 1.165) is 43.9 Å². The van der Waals surface area contributed by atoms with Gasteiger partial charge in [0.2, 0.25) is 0 Å². The lowest BCUT2D eigenvalue weighted by atomic mass is 10.2. The number of hydrogen-bond donors (Lipinski definition) is 0. The predicted octanol–water partition coefficient (Wildman–Crippen LogP) is 3.33. The van der Waals surface area contributed by atoms with E-state index in [1.54, 1.807) is 18.9 Å². The van der Waals surface area contributed by atoms with Crippen molar-refractivity contribution >= 4 is 49.8 Å². The molecule has 130 valence electrons. The van der Waals surface area contributed by atoms with Crippen molar-refractivity contribution in [2.45, 2.75) is 11.8 Å². The lowest BCUT2D eigenvalue weighted by Crippen LogP contribution is -2.32. The Balaban J connectivity index is 1.87. The second kappa shape index (κ2) is 5.75. The van der Waals surface area contributed by atoms with Crippen LogP contribution in [0.5, 0.6) is 5.75 Å². The summed E-state index contributed by atoms with van der Waals surface area (Å²) in [5.41, 5.74) is 2.95. The molecule has 0 radical (unpaired) electrons. The quantitative estimate of drug-likeness (QED) is 0.533. The molecule has 0 amide bonds. The summed E-state index contributed by atoms with van der Waals surface area (Å²) in [4.78, 5) is 21.5. The summed E-state index contributed by atoms with van der Waals surface area (Å²) in [6.07, 6.45) is 0. The van der Waals surface area contributed by atoms with E-state index in [9.17, 15) is 4.79 Å². The van der Waals surface area contributed by atoms with Crippen LogP contribution < -0.4 is 19.7 Å². The van der Waals surface area contributed by atoms with Crippen LogP contribution in [0.2, 0.25) is 0 Å². The normalized spacial score (nSPS) is 15.8. The zero-order valence-corrected chi connectivity index (χ0v) is 15.9. The van der Waals surface area contributed by atoms with Crippen molar-refractivity contribution in [1.29, 1.82) is 0 Å². The first-order chi connectivity index (χ1) is 12.7. The Morgan fingerprint density at radius 1 is 1.19 bits per heavy atom. The van der Waals surface area contributed by atoms with Crippen LogP contribution >= 0.6 is 23.1 Å². The fraction of sp³-hybridized carbons (Fsp3) is 0.158. The van der Waals surface area contributed by atoms with Crippen molar-refractivity contribution in [2.24, 2.45) is 0 Å². The van der Waals surface area contributed by atoms with Crippen LogP contribution in [-0.4, -0.2) is 23.0 Å². The molecule has 1 aliphatic heterocycles. The minimum Gasteiger partial charge on any atom is -0.497 e. The van der Waals surface area contributed by atoms with Crippen LogP contribution in [0.1, 0.15) is 6.92 Å².